The highest BCUT2D eigenvalue weighted by molar-refractivity contribution is 8.00. The number of aliphatic carboxylic acids is 1. The number of carbonyl (C=O) groups excluding carboxylic acids is 1. The molecule has 7 nitrogen and oxygen atoms in total. The number of anilines is 2. The van der Waals surface area contributed by atoms with E-state index < -0.39 is 11.2 Å². The van der Waals surface area contributed by atoms with Crippen molar-refractivity contribution in [1.82, 2.24) is 4.98 Å². The summed E-state index contributed by atoms with van der Waals surface area (Å²) in [5.74, 6) is -1.12. The molecule has 0 aliphatic carbocycles. The molecule has 5 rings (SSSR count). The quantitative estimate of drug-likeness (QED) is 0.257. The van der Waals surface area contributed by atoms with Crippen molar-refractivity contribution < 1.29 is 19.4 Å². The third-order valence-electron chi connectivity index (χ3n) is 6.14. The van der Waals surface area contributed by atoms with Crippen LogP contribution in [0.2, 0.25) is 0 Å². The number of carboxylic acid groups (broad SMARTS) is 1. The van der Waals surface area contributed by atoms with Crippen LogP contribution in [0.25, 0.3) is 21.0 Å². The molecule has 1 unspecified atom stereocenters. The van der Waals surface area contributed by atoms with Crippen LogP contribution in [-0.2, 0) is 9.53 Å². The molecule has 1 amide bonds. The van der Waals surface area contributed by atoms with Gasteiger partial charge in [0.05, 0.1) is 18.1 Å². The van der Waals surface area contributed by atoms with Gasteiger partial charge in [-0.15, -0.1) is 23.1 Å². The number of carbonyl (C=O) groups is 2. The number of hydrogen-bond acceptors (Lipinski definition) is 7. The fraction of sp³-hybridized carbons (Fsp3) is 0.207. The standard InChI is InChI=1S/C29H27N3O4S2/c1-19(29(34)35)37-24-13-7-21(8-14-24)28-31-25(26(38-28)20-5-3-2-4-6-20)27(33)30-22-9-11-23(12-10-22)32-15-17-36-18-16-32/h2-14,19H,15-18H2,1H3,(H,30,33)(H,34,35). The predicted molar refractivity (Wildman–Crippen MR) is 153 cm³/mol. The van der Waals surface area contributed by atoms with Gasteiger partial charge >= 0.3 is 5.97 Å². The minimum Gasteiger partial charge on any atom is -0.480 e. The largest absolute Gasteiger partial charge is 0.480 e. The third-order valence-corrected chi connectivity index (χ3v) is 8.39. The van der Waals surface area contributed by atoms with E-state index >= 15 is 0 Å². The maximum atomic E-state index is 13.4. The van der Waals surface area contributed by atoms with Gasteiger partial charge in [0, 0.05) is 34.9 Å². The van der Waals surface area contributed by atoms with Crippen molar-refractivity contribution in [2.24, 2.45) is 0 Å². The number of thioether (sulfide) groups is 1. The van der Waals surface area contributed by atoms with Gasteiger partial charge in [0.2, 0.25) is 0 Å². The van der Waals surface area contributed by atoms with Crippen molar-refractivity contribution >= 4 is 46.3 Å². The number of thiazole rings is 1. The molecule has 3 aromatic carbocycles. The van der Waals surface area contributed by atoms with E-state index in [1.807, 2.05) is 78.9 Å². The number of rotatable bonds is 8. The molecule has 1 atom stereocenters. The van der Waals surface area contributed by atoms with Crippen LogP contribution >= 0.6 is 23.1 Å². The first-order chi connectivity index (χ1) is 18.5. The van der Waals surface area contributed by atoms with Crippen LogP contribution in [0.5, 0.6) is 0 Å². The summed E-state index contributed by atoms with van der Waals surface area (Å²) in [4.78, 5) is 33.3. The fourth-order valence-electron chi connectivity index (χ4n) is 4.08. The molecule has 0 bridgehead atoms. The van der Waals surface area contributed by atoms with E-state index in [9.17, 15) is 14.7 Å². The van der Waals surface area contributed by atoms with Gasteiger partial charge in [0.15, 0.2) is 0 Å². The highest BCUT2D eigenvalue weighted by Gasteiger charge is 2.21. The molecule has 2 heterocycles. The average molecular weight is 546 g/mol. The van der Waals surface area contributed by atoms with E-state index in [0.29, 0.717) is 11.4 Å². The Morgan fingerprint density at radius 3 is 2.32 bits per heavy atom. The lowest BCUT2D eigenvalue weighted by Gasteiger charge is -2.28. The van der Waals surface area contributed by atoms with E-state index in [0.717, 1.165) is 57.9 Å². The van der Waals surface area contributed by atoms with Crippen LogP contribution in [0, 0.1) is 0 Å². The summed E-state index contributed by atoms with van der Waals surface area (Å²) in [6.45, 7) is 4.80. The summed E-state index contributed by atoms with van der Waals surface area (Å²) in [6.07, 6.45) is 0. The summed E-state index contributed by atoms with van der Waals surface area (Å²) >= 11 is 2.75. The summed E-state index contributed by atoms with van der Waals surface area (Å²) in [5, 5.41) is 12.4. The molecule has 0 radical (unpaired) electrons. The number of ether oxygens (including phenoxy) is 1. The maximum absolute atomic E-state index is 13.4. The zero-order chi connectivity index (χ0) is 26.5. The Bertz CT molecular complexity index is 1400. The van der Waals surface area contributed by atoms with Gasteiger partial charge in [0.25, 0.3) is 5.91 Å². The number of morpholine rings is 1. The number of aromatic nitrogens is 1. The van der Waals surface area contributed by atoms with Gasteiger partial charge in [-0.3, -0.25) is 9.59 Å². The van der Waals surface area contributed by atoms with Crippen LogP contribution < -0.4 is 10.2 Å². The zero-order valence-corrected chi connectivity index (χ0v) is 22.4. The molecule has 4 aromatic rings. The van der Waals surface area contributed by atoms with Gasteiger partial charge in [-0.2, -0.15) is 0 Å². The summed E-state index contributed by atoms with van der Waals surface area (Å²) in [5.41, 5.74) is 3.97. The minimum absolute atomic E-state index is 0.270. The second-order valence-electron chi connectivity index (χ2n) is 8.79. The first-order valence-electron chi connectivity index (χ1n) is 12.3. The molecule has 38 heavy (non-hydrogen) atoms. The van der Waals surface area contributed by atoms with Crippen LogP contribution in [0.4, 0.5) is 11.4 Å². The van der Waals surface area contributed by atoms with Gasteiger partial charge in [0.1, 0.15) is 16.0 Å². The lowest BCUT2D eigenvalue weighted by Crippen LogP contribution is -2.36. The van der Waals surface area contributed by atoms with E-state index in [4.69, 9.17) is 9.72 Å². The predicted octanol–water partition coefficient (Wildman–Crippen LogP) is 6.13. The van der Waals surface area contributed by atoms with Crippen molar-refractivity contribution in [1.29, 1.82) is 0 Å². The van der Waals surface area contributed by atoms with Crippen molar-refractivity contribution in [3.63, 3.8) is 0 Å². The van der Waals surface area contributed by atoms with Crippen molar-refractivity contribution in [3.05, 3.63) is 84.6 Å². The van der Waals surface area contributed by atoms with Crippen LogP contribution in [0.15, 0.2) is 83.8 Å². The number of benzene rings is 3. The van der Waals surface area contributed by atoms with E-state index in [2.05, 4.69) is 10.2 Å². The van der Waals surface area contributed by atoms with E-state index in [1.165, 1.54) is 23.1 Å². The second-order valence-corrected chi connectivity index (χ2v) is 11.2. The zero-order valence-electron chi connectivity index (χ0n) is 20.8. The summed E-state index contributed by atoms with van der Waals surface area (Å²) < 4.78 is 5.43. The van der Waals surface area contributed by atoms with Crippen LogP contribution in [0.3, 0.4) is 0 Å². The first kappa shape index (κ1) is 26.0. The summed E-state index contributed by atoms with van der Waals surface area (Å²) in [7, 11) is 0. The van der Waals surface area contributed by atoms with Crippen LogP contribution in [-0.4, -0.2) is 53.5 Å². The Balaban J connectivity index is 1.38. The Hall–Kier alpha value is -3.66. The molecular weight excluding hydrogens is 518 g/mol. The molecule has 9 heteroatoms. The number of amides is 1. The second kappa shape index (κ2) is 11.8. The number of nitrogens with zero attached hydrogens (tertiary/aromatic N) is 2. The smallest absolute Gasteiger partial charge is 0.316 e. The lowest BCUT2D eigenvalue weighted by molar-refractivity contribution is -0.136. The highest BCUT2D eigenvalue weighted by Crippen LogP contribution is 2.37. The number of hydrogen-bond donors (Lipinski definition) is 2. The van der Waals surface area contributed by atoms with Gasteiger partial charge in [-0.1, -0.05) is 42.5 Å². The molecule has 1 saturated heterocycles. The van der Waals surface area contributed by atoms with Gasteiger partial charge < -0.3 is 20.1 Å². The van der Waals surface area contributed by atoms with Crippen molar-refractivity contribution in [3.8, 4) is 21.0 Å². The average Bonchev–Trinajstić information content (AvgIpc) is 3.41. The Morgan fingerprint density at radius 1 is 0.974 bits per heavy atom. The van der Waals surface area contributed by atoms with Crippen molar-refractivity contribution in [2.45, 2.75) is 17.1 Å². The molecule has 1 aliphatic rings. The maximum Gasteiger partial charge on any atom is 0.316 e. The first-order valence-corrected chi connectivity index (χ1v) is 14.0. The van der Waals surface area contributed by atoms with Gasteiger partial charge in [-0.25, -0.2) is 4.98 Å². The Kier molecular flexibility index (Phi) is 8.07. The third kappa shape index (κ3) is 6.07. The minimum atomic E-state index is -0.849. The molecule has 1 aromatic heterocycles. The molecule has 194 valence electrons. The van der Waals surface area contributed by atoms with Gasteiger partial charge in [-0.05, 0) is 48.9 Å². The normalized spacial score (nSPS) is 14.2. The molecule has 0 saturated carbocycles. The fourth-order valence-corrected chi connectivity index (χ4v) is 5.96. The Labute approximate surface area is 229 Å². The molecular formula is C29H27N3O4S2. The highest BCUT2D eigenvalue weighted by atomic mass is 32.2. The summed E-state index contributed by atoms with van der Waals surface area (Å²) in [6, 6.07) is 25.2. The Morgan fingerprint density at radius 2 is 1.66 bits per heavy atom. The van der Waals surface area contributed by atoms with E-state index in [-0.39, 0.29) is 5.91 Å². The SMILES string of the molecule is CC(Sc1ccc(-c2nc(C(=O)Nc3ccc(N4CCOCC4)cc3)c(-c3ccccc3)s2)cc1)C(=O)O. The van der Waals surface area contributed by atoms with Crippen LogP contribution in [0.1, 0.15) is 17.4 Å². The molecule has 2 N–H and O–H groups in total. The van der Waals surface area contributed by atoms with E-state index in [1.54, 1.807) is 6.92 Å². The monoisotopic (exact) mass is 545 g/mol. The number of nitrogens with one attached hydrogen (secondary N) is 1. The molecule has 1 aliphatic heterocycles. The topological polar surface area (TPSA) is 91.8 Å². The lowest BCUT2D eigenvalue weighted by atomic mass is 10.1. The molecule has 1 fully saturated rings. The molecule has 0 spiro atoms. The van der Waals surface area contributed by atoms with Crippen molar-refractivity contribution in [2.75, 3.05) is 36.5 Å². The number of carboxylic acids is 1.